The normalized spacial score (nSPS) is 13.0. The predicted octanol–water partition coefficient (Wildman–Crippen LogP) is -1.04. The van der Waals surface area contributed by atoms with Crippen molar-refractivity contribution in [2.24, 2.45) is 4.99 Å². The van der Waals surface area contributed by atoms with Crippen molar-refractivity contribution in [1.29, 1.82) is 0 Å². The summed E-state index contributed by atoms with van der Waals surface area (Å²) in [6.45, 7) is 0.384. The summed E-state index contributed by atoms with van der Waals surface area (Å²) in [6, 6.07) is 7.50. The fourth-order valence-corrected chi connectivity index (χ4v) is 1.24. The third kappa shape index (κ3) is 2.15. The standard InChI is InChI=1S/C9H8N2O2.Na.H/c12-9(13)11-5-7-3-1-2-4-8(7)10-6-11;;/h1-4,6H,5H2,(H,12,13);;/q;+1;-1. The van der Waals surface area contributed by atoms with Gasteiger partial charge in [0.1, 0.15) is 6.34 Å². The fraction of sp³-hybridized carbons (Fsp3) is 0.111. The molecule has 0 bridgehead atoms. The molecule has 0 unspecified atom stereocenters. The molecular formula is C9H9N2NaO2. The van der Waals surface area contributed by atoms with Gasteiger partial charge in [0.25, 0.3) is 0 Å². The summed E-state index contributed by atoms with van der Waals surface area (Å²) < 4.78 is 0. The molecule has 68 valence electrons. The number of nitrogens with zero attached hydrogens (tertiary/aromatic N) is 2. The minimum Gasteiger partial charge on any atom is -1.00 e. The summed E-state index contributed by atoms with van der Waals surface area (Å²) in [5, 5.41) is 8.70. The van der Waals surface area contributed by atoms with Crippen LogP contribution < -0.4 is 29.6 Å². The van der Waals surface area contributed by atoms with Crippen LogP contribution in [0, 0.1) is 0 Å². The molecule has 4 nitrogen and oxygen atoms in total. The molecule has 2 rings (SSSR count). The Hall–Kier alpha value is -0.840. The molecule has 14 heavy (non-hydrogen) atoms. The first-order chi connectivity index (χ1) is 6.27. The molecule has 1 amide bonds. The Kier molecular flexibility index (Phi) is 3.69. The van der Waals surface area contributed by atoms with E-state index in [0.29, 0.717) is 6.54 Å². The summed E-state index contributed by atoms with van der Waals surface area (Å²) in [6.07, 6.45) is 0.364. The van der Waals surface area contributed by atoms with E-state index in [1.165, 1.54) is 6.34 Å². The van der Waals surface area contributed by atoms with Crippen LogP contribution in [-0.2, 0) is 6.54 Å². The smallest absolute Gasteiger partial charge is 1.00 e. The van der Waals surface area contributed by atoms with Gasteiger partial charge in [0.15, 0.2) is 0 Å². The van der Waals surface area contributed by atoms with Crippen molar-refractivity contribution in [3.05, 3.63) is 29.8 Å². The number of rotatable bonds is 0. The van der Waals surface area contributed by atoms with Gasteiger partial charge in [-0.2, -0.15) is 0 Å². The first-order valence-corrected chi connectivity index (χ1v) is 3.89. The van der Waals surface area contributed by atoms with Crippen molar-refractivity contribution in [1.82, 2.24) is 4.90 Å². The first-order valence-electron chi connectivity index (χ1n) is 3.89. The quantitative estimate of drug-likeness (QED) is 0.544. The average molecular weight is 200 g/mol. The number of hydrogen-bond donors (Lipinski definition) is 1. The number of para-hydroxylation sites is 1. The zero-order valence-corrected chi connectivity index (χ0v) is 9.84. The van der Waals surface area contributed by atoms with Gasteiger partial charge in [-0.25, -0.2) is 9.79 Å². The topological polar surface area (TPSA) is 52.9 Å². The van der Waals surface area contributed by atoms with E-state index in [9.17, 15) is 4.79 Å². The minimum atomic E-state index is -0.974. The Morgan fingerprint density at radius 2 is 2.21 bits per heavy atom. The van der Waals surface area contributed by atoms with E-state index in [0.717, 1.165) is 16.2 Å². The number of fused-ring (bicyclic) bond motifs is 1. The van der Waals surface area contributed by atoms with Crippen molar-refractivity contribution in [2.45, 2.75) is 6.54 Å². The molecule has 0 radical (unpaired) electrons. The third-order valence-corrected chi connectivity index (χ3v) is 1.91. The molecule has 0 saturated carbocycles. The molecule has 1 aromatic rings. The Morgan fingerprint density at radius 3 is 2.93 bits per heavy atom. The Morgan fingerprint density at radius 1 is 1.50 bits per heavy atom. The molecule has 5 heteroatoms. The maximum atomic E-state index is 10.6. The van der Waals surface area contributed by atoms with Crippen molar-refractivity contribution in [3.63, 3.8) is 0 Å². The number of carbonyl (C=O) groups is 1. The van der Waals surface area contributed by atoms with Crippen LogP contribution >= 0.6 is 0 Å². The molecule has 1 N–H and O–H groups in total. The number of amides is 1. The molecule has 0 atom stereocenters. The van der Waals surface area contributed by atoms with Crippen LogP contribution in [0.3, 0.4) is 0 Å². The number of carboxylic acid groups (broad SMARTS) is 1. The van der Waals surface area contributed by atoms with E-state index in [1.807, 2.05) is 24.3 Å². The van der Waals surface area contributed by atoms with Gasteiger partial charge < -0.3 is 6.53 Å². The molecule has 0 aromatic heterocycles. The largest absolute Gasteiger partial charge is 1.00 e. The van der Waals surface area contributed by atoms with Gasteiger partial charge in [-0.15, -0.1) is 0 Å². The Bertz CT molecular complexity index is 384. The van der Waals surface area contributed by atoms with E-state index in [2.05, 4.69) is 4.99 Å². The van der Waals surface area contributed by atoms with Crippen molar-refractivity contribution >= 4 is 18.1 Å². The zero-order valence-electron chi connectivity index (χ0n) is 8.84. The molecule has 1 aliphatic heterocycles. The van der Waals surface area contributed by atoms with E-state index in [4.69, 9.17) is 5.11 Å². The van der Waals surface area contributed by atoms with Gasteiger partial charge in [-0.3, -0.25) is 4.90 Å². The van der Waals surface area contributed by atoms with Gasteiger partial charge in [-0.05, 0) is 11.6 Å². The summed E-state index contributed by atoms with van der Waals surface area (Å²) >= 11 is 0. The maximum absolute atomic E-state index is 10.6. The van der Waals surface area contributed by atoms with Crippen LogP contribution in [0.5, 0.6) is 0 Å². The average Bonchev–Trinajstić information content (AvgIpc) is 2.17. The SMILES string of the molecule is O=C(O)N1C=Nc2ccccc2C1.[H-].[Na+]. The fourth-order valence-electron chi connectivity index (χ4n) is 1.24. The maximum Gasteiger partial charge on any atom is 1.00 e. The van der Waals surface area contributed by atoms with Gasteiger partial charge >= 0.3 is 35.7 Å². The molecule has 0 aliphatic carbocycles. The molecule has 1 aromatic carbocycles. The third-order valence-electron chi connectivity index (χ3n) is 1.91. The van der Waals surface area contributed by atoms with Gasteiger partial charge in [-0.1, -0.05) is 18.2 Å². The van der Waals surface area contributed by atoms with Crippen LogP contribution in [-0.4, -0.2) is 22.4 Å². The monoisotopic (exact) mass is 200 g/mol. The van der Waals surface area contributed by atoms with E-state index in [-0.39, 0.29) is 31.0 Å². The molecule has 0 fully saturated rings. The summed E-state index contributed by atoms with van der Waals surface area (Å²) in [4.78, 5) is 15.8. The minimum absolute atomic E-state index is 0. The molecular weight excluding hydrogens is 191 g/mol. The van der Waals surface area contributed by atoms with Crippen LogP contribution in [0.4, 0.5) is 10.5 Å². The van der Waals surface area contributed by atoms with E-state index in [1.54, 1.807) is 0 Å². The van der Waals surface area contributed by atoms with Crippen molar-refractivity contribution in [3.8, 4) is 0 Å². The van der Waals surface area contributed by atoms with Crippen LogP contribution in [0.25, 0.3) is 0 Å². The van der Waals surface area contributed by atoms with Crippen LogP contribution in [0.2, 0.25) is 0 Å². The molecule has 0 spiro atoms. The predicted molar refractivity (Wildman–Crippen MR) is 49.3 cm³/mol. The zero-order chi connectivity index (χ0) is 9.26. The van der Waals surface area contributed by atoms with Crippen LogP contribution in [0.1, 0.15) is 6.99 Å². The van der Waals surface area contributed by atoms with Crippen molar-refractivity contribution < 1.29 is 40.9 Å². The second-order valence-electron chi connectivity index (χ2n) is 2.78. The summed E-state index contributed by atoms with van der Waals surface area (Å²) in [5.41, 5.74) is 1.78. The van der Waals surface area contributed by atoms with Gasteiger partial charge in [0, 0.05) is 0 Å². The van der Waals surface area contributed by atoms with Gasteiger partial charge in [0.2, 0.25) is 0 Å². The number of benzene rings is 1. The Balaban J connectivity index is 0.000000980. The number of aliphatic imine (C=N–C) groups is 1. The van der Waals surface area contributed by atoms with E-state index < -0.39 is 6.09 Å². The summed E-state index contributed by atoms with van der Waals surface area (Å²) in [7, 11) is 0. The molecule has 1 heterocycles. The summed E-state index contributed by atoms with van der Waals surface area (Å²) in [5.74, 6) is 0. The van der Waals surface area contributed by atoms with E-state index >= 15 is 0 Å². The van der Waals surface area contributed by atoms with Crippen LogP contribution in [0.15, 0.2) is 29.3 Å². The van der Waals surface area contributed by atoms with Crippen molar-refractivity contribution in [2.75, 3.05) is 0 Å². The van der Waals surface area contributed by atoms with Gasteiger partial charge in [0.05, 0.1) is 12.2 Å². The molecule has 0 saturated heterocycles. The Labute approximate surface area is 105 Å². The molecule has 1 aliphatic rings. The second-order valence-corrected chi connectivity index (χ2v) is 2.78. The second kappa shape index (κ2) is 4.59. The first kappa shape index (κ1) is 11.2. The number of hydrogen-bond acceptors (Lipinski definition) is 2.